The van der Waals surface area contributed by atoms with E-state index in [4.69, 9.17) is 44.0 Å². The van der Waals surface area contributed by atoms with Gasteiger partial charge in [0.1, 0.15) is 12.2 Å². The maximum absolute atomic E-state index is 13.2. The Morgan fingerprint density at radius 2 is 1.66 bits per heavy atom. The zero-order valence-corrected chi connectivity index (χ0v) is 17.6. The third-order valence-electron chi connectivity index (χ3n) is 4.48. The van der Waals surface area contributed by atoms with Gasteiger partial charge in [-0.2, -0.15) is 0 Å². The highest BCUT2D eigenvalue weighted by Gasteiger charge is 2.18. The maximum Gasteiger partial charge on any atom is 0.235 e. The van der Waals surface area contributed by atoms with Crippen LogP contribution >= 0.6 is 34.8 Å². The van der Waals surface area contributed by atoms with Crippen LogP contribution in [0.1, 0.15) is 11.1 Å². The SMILES string of the molecule is Cc1ccc2c(=O)c(OCc3ccc(Cl)c(Cl)c3)c(-c3ccc(Cl)cc3)oc2c1. The van der Waals surface area contributed by atoms with E-state index in [1.54, 1.807) is 48.5 Å². The molecule has 6 heteroatoms. The van der Waals surface area contributed by atoms with Crippen molar-refractivity contribution >= 4 is 45.8 Å². The van der Waals surface area contributed by atoms with Crippen molar-refractivity contribution in [1.29, 1.82) is 0 Å². The van der Waals surface area contributed by atoms with Crippen molar-refractivity contribution < 1.29 is 9.15 Å². The molecule has 0 N–H and O–H groups in total. The molecule has 3 nitrogen and oxygen atoms in total. The Bertz CT molecular complexity index is 1260. The molecule has 0 aliphatic heterocycles. The number of benzene rings is 3. The van der Waals surface area contributed by atoms with Crippen LogP contribution in [0.3, 0.4) is 0 Å². The fraction of sp³-hybridized carbons (Fsp3) is 0.0870. The van der Waals surface area contributed by atoms with Crippen molar-refractivity contribution in [2.24, 2.45) is 0 Å². The summed E-state index contributed by atoms with van der Waals surface area (Å²) in [4.78, 5) is 13.2. The van der Waals surface area contributed by atoms with Crippen molar-refractivity contribution in [2.75, 3.05) is 0 Å². The number of hydrogen-bond donors (Lipinski definition) is 0. The lowest BCUT2D eigenvalue weighted by atomic mass is 10.1. The van der Waals surface area contributed by atoms with E-state index in [-0.39, 0.29) is 17.8 Å². The molecule has 0 saturated heterocycles. The van der Waals surface area contributed by atoms with Crippen LogP contribution in [0.25, 0.3) is 22.3 Å². The van der Waals surface area contributed by atoms with E-state index in [1.807, 2.05) is 19.1 Å². The van der Waals surface area contributed by atoms with Crippen molar-refractivity contribution in [2.45, 2.75) is 13.5 Å². The molecule has 0 bridgehead atoms. The van der Waals surface area contributed by atoms with Crippen molar-refractivity contribution in [1.82, 2.24) is 0 Å². The molecule has 0 amide bonds. The quantitative estimate of drug-likeness (QED) is 0.330. The van der Waals surface area contributed by atoms with Gasteiger partial charge in [-0.15, -0.1) is 0 Å². The molecular formula is C23H15Cl3O3. The standard InChI is InChI=1S/C23H15Cl3O3/c1-13-2-8-17-20(10-13)29-22(15-4-6-16(24)7-5-15)23(21(17)27)28-12-14-3-9-18(25)19(26)11-14/h2-11H,12H2,1H3. The molecule has 0 unspecified atom stereocenters. The lowest BCUT2D eigenvalue weighted by molar-refractivity contribution is 0.298. The summed E-state index contributed by atoms with van der Waals surface area (Å²) in [6, 6.07) is 17.7. The van der Waals surface area contributed by atoms with Crippen LogP contribution in [-0.4, -0.2) is 0 Å². The van der Waals surface area contributed by atoms with Crippen LogP contribution in [0.5, 0.6) is 5.75 Å². The Balaban J connectivity index is 1.83. The minimum absolute atomic E-state index is 0.134. The van der Waals surface area contributed by atoms with Gasteiger partial charge in [0.2, 0.25) is 11.2 Å². The molecule has 0 saturated carbocycles. The highest BCUT2D eigenvalue weighted by Crippen LogP contribution is 2.32. The van der Waals surface area contributed by atoms with E-state index in [1.165, 1.54) is 0 Å². The minimum Gasteiger partial charge on any atom is -0.481 e. The summed E-state index contributed by atoms with van der Waals surface area (Å²) in [5.41, 5.74) is 2.73. The van der Waals surface area contributed by atoms with Gasteiger partial charge in [0, 0.05) is 10.6 Å². The maximum atomic E-state index is 13.2. The summed E-state index contributed by atoms with van der Waals surface area (Å²) >= 11 is 18.1. The van der Waals surface area contributed by atoms with Crippen molar-refractivity contribution in [3.8, 4) is 17.1 Å². The molecule has 4 rings (SSSR count). The Hall–Kier alpha value is -2.46. The number of hydrogen-bond acceptors (Lipinski definition) is 3. The molecule has 0 fully saturated rings. The number of aryl methyl sites for hydroxylation is 1. The summed E-state index contributed by atoms with van der Waals surface area (Å²) in [5, 5.41) is 1.92. The monoisotopic (exact) mass is 444 g/mol. The van der Waals surface area contributed by atoms with Gasteiger partial charge in [-0.05, 0) is 66.6 Å². The average molecular weight is 446 g/mol. The zero-order valence-electron chi connectivity index (χ0n) is 15.3. The van der Waals surface area contributed by atoms with E-state index in [0.29, 0.717) is 37.4 Å². The van der Waals surface area contributed by atoms with E-state index in [0.717, 1.165) is 11.1 Å². The molecule has 3 aromatic carbocycles. The first-order chi connectivity index (χ1) is 13.9. The van der Waals surface area contributed by atoms with Crippen LogP contribution in [0.2, 0.25) is 15.1 Å². The van der Waals surface area contributed by atoms with Crippen molar-refractivity contribution in [3.05, 3.63) is 97.1 Å². The normalized spacial score (nSPS) is 11.0. The predicted molar refractivity (Wildman–Crippen MR) is 118 cm³/mol. The molecule has 0 aliphatic rings. The number of ether oxygens (including phenoxy) is 1. The second-order valence-electron chi connectivity index (χ2n) is 6.63. The minimum atomic E-state index is -0.240. The van der Waals surface area contributed by atoms with Crippen LogP contribution < -0.4 is 10.2 Å². The third kappa shape index (κ3) is 4.13. The van der Waals surface area contributed by atoms with Gasteiger partial charge in [0.05, 0.1) is 15.4 Å². The topological polar surface area (TPSA) is 39.4 Å². The van der Waals surface area contributed by atoms with Gasteiger partial charge in [0.15, 0.2) is 5.76 Å². The highest BCUT2D eigenvalue weighted by molar-refractivity contribution is 6.42. The first kappa shape index (κ1) is 19.8. The van der Waals surface area contributed by atoms with Gasteiger partial charge in [-0.25, -0.2) is 0 Å². The van der Waals surface area contributed by atoms with Crippen LogP contribution in [0.4, 0.5) is 0 Å². The summed E-state index contributed by atoms with van der Waals surface area (Å²) in [7, 11) is 0. The van der Waals surface area contributed by atoms with Gasteiger partial charge >= 0.3 is 0 Å². The average Bonchev–Trinajstić information content (AvgIpc) is 2.70. The lowest BCUT2D eigenvalue weighted by Crippen LogP contribution is -2.10. The van der Waals surface area contributed by atoms with Gasteiger partial charge < -0.3 is 9.15 Å². The molecule has 0 spiro atoms. The van der Waals surface area contributed by atoms with Crippen molar-refractivity contribution in [3.63, 3.8) is 0 Å². The van der Waals surface area contributed by atoms with Crippen LogP contribution in [0.15, 0.2) is 69.9 Å². The van der Waals surface area contributed by atoms with E-state index < -0.39 is 0 Å². The molecule has 0 atom stereocenters. The molecular weight excluding hydrogens is 431 g/mol. The second-order valence-corrected chi connectivity index (χ2v) is 7.88. The van der Waals surface area contributed by atoms with Gasteiger partial charge in [0.25, 0.3) is 0 Å². The Labute approximate surface area is 182 Å². The van der Waals surface area contributed by atoms with Crippen LogP contribution in [0, 0.1) is 6.92 Å². The summed E-state index contributed by atoms with van der Waals surface area (Å²) in [5.74, 6) is 0.486. The Kier molecular flexibility index (Phi) is 5.55. The van der Waals surface area contributed by atoms with Gasteiger partial charge in [-0.1, -0.05) is 46.9 Å². The summed E-state index contributed by atoms with van der Waals surface area (Å²) < 4.78 is 12.0. The van der Waals surface area contributed by atoms with E-state index in [2.05, 4.69) is 0 Å². The first-order valence-electron chi connectivity index (χ1n) is 8.82. The fourth-order valence-electron chi connectivity index (χ4n) is 2.99. The Morgan fingerprint density at radius 3 is 2.38 bits per heavy atom. The number of fused-ring (bicyclic) bond motifs is 1. The molecule has 29 heavy (non-hydrogen) atoms. The molecule has 1 aromatic heterocycles. The molecule has 4 aromatic rings. The smallest absolute Gasteiger partial charge is 0.235 e. The summed E-state index contributed by atoms with van der Waals surface area (Å²) in [6.07, 6.45) is 0. The number of rotatable bonds is 4. The fourth-order valence-corrected chi connectivity index (χ4v) is 3.44. The largest absolute Gasteiger partial charge is 0.481 e. The predicted octanol–water partition coefficient (Wildman–Crippen LogP) is 7.31. The highest BCUT2D eigenvalue weighted by atomic mass is 35.5. The molecule has 0 aliphatic carbocycles. The summed E-state index contributed by atoms with van der Waals surface area (Å²) in [6.45, 7) is 2.08. The first-order valence-corrected chi connectivity index (χ1v) is 9.96. The van der Waals surface area contributed by atoms with Crippen LogP contribution in [-0.2, 0) is 6.61 Å². The third-order valence-corrected chi connectivity index (χ3v) is 5.47. The molecule has 1 heterocycles. The van der Waals surface area contributed by atoms with E-state index >= 15 is 0 Å². The zero-order chi connectivity index (χ0) is 20.5. The lowest BCUT2D eigenvalue weighted by Gasteiger charge is -2.12. The second kappa shape index (κ2) is 8.11. The molecule has 0 radical (unpaired) electrons. The number of halogens is 3. The van der Waals surface area contributed by atoms with E-state index in [9.17, 15) is 4.79 Å². The Morgan fingerprint density at radius 1 is 0.897 bits per heavy atom. The molecule has 146 valence electrons. The van der Waals surface area contributed by atoms with Gasteiger partial charge in [-0.3, -0.25) is 4.79 Å².